The standard InChI is InChI=1S/C10H12N2O3S/c13-8(12-10-11-3-4-16-10)6-1-2-7(5-6)9(14)15/h3-4,6-7H,1-2,5H2,(H,14,15)(H,11,12,13). The summed E-state index contributed by atoms with van der Waals surface area (Å²) in [5.74, 6) is -1.47. The number of amides is 1. The largest absolute Gasteiger partial charge is 0.481 e. The summed E-state index contributed by atoms with van der Waals surface area (Å²) in [4.78, 5) is 26.4. The number of aromatic nitrogens is 1. The maximum Gasteiger partial charge on any atom is 0.306 e. The zero-order chi connectivity index (χ0) is 11.5. The van der Waals surface area contributed by atoms with E-state index >= 15 is 0 Å². The van der Waals surface area contributed by atoms with Gasteiger partial charge in [-0.2, -0.15) is 0 Å². The molecule has 0 spiro atoms. The number of carbonyl (C=O) groups is 2. The van der Waals surface area contributed by atoms with Gasteiger partial charge in [0.25, 0.3) is 0 Å². The first kappa shape index (κ1) is 11.1. The summed E-state index contributed by atoms with van der Waals surface area (Å²) in [6.07, 6.45) is 3.29. The molecular formula is C10H12N2O3S. The predicted octanol–water partition coefficient (Wildman–Crippen LogP) is 1.58. The van der Waals surface area contributed by atoms with E-state index in [1.165, 1.54) is 11.3 Å². The SMILES string of the molecule is O=C(O)C1CCC(C(=O)Nc2nccs2)C1. The minimum absolute atomic E-state index is 0.112. The molecule has 2 unspecified atom stereocenters. The second-order valence-electron chi connectivity index (χ2n) is 3.87. The van der Waals surface area contributed by atoms with Crippen molar-refractivity contribution < 1.29 is 14.7 Å². The second kappa shape index (κ2) is 4.61. The summed E-state index contributed by atoms with van der Waals surface area (Å²) in [7, 11) is 0. The minimum atomic E-state index is -0.801. The topological polar surface area (TPSA) is 79.3 Å². The Balaban J connectivity index is 1.90. The molecule has 6 heteroatoms. The molecule has 1 aliphatic carbocycles. The molecule has 1 amide bonds. The van der Waals surface area contributed by atoms with Gasteiger partial charge in [0.15, 0.2) is 5.13 Å². The lowest BCUT2D eigenvalue weighted by molar-refractivity contribution is -0.141. The van der Waals surface area contributed by atoms with Gasteiger partial charge >= 0.3 is 5.97 Å². The van der Waals surface area contributed by atoms with Gasteiger partial charge in [-0.3, -0.25) is 9.59 Å². The van der Waals surface area contributed by atoms with E-state index in [1.54, 1.807) is 11.6 Å². The van der Waals surface area contributed by atoms with Crippen molar-refractivity contribution in [3.05, 3.63) is 11.6 Å². The molecule has 1 aromatic rings. The van der Waals surface area contributed by atoms with Crippen LogP contribution in [0.2, 0.25) is 0 Å². The van der Waals surface area contributed by atoms with E-state index in [0.29, 0.717) is 24.4 Å². The third-order valence-electron chi connectivity index (χ3n) is 2.82. The second-order valence-corrected chi connectivity index (χ2v) is 4.77. The summed E-state index contributed by atoms with van der Waals surface area (Å²) < 4.78 is 0. The van der Waals surface area contributed by atoms with Crippen LogP contribution in [0.25, 0.3) is 0 Å². The lowest BCUT2D eigenvalue weighted by Gasteiger charge is -2.08. The molecule has 16 heavy (non-hydrogen) atoms. The van der Waals surface area contributed by atoms with Crippen molar-refractivity contribution in [2.24, 2.45) is 11.8 Å². The van der Waals surface area contributed by atoms with Crippen LogP contribution in [-0.2, 0) is 9.59 Å². The van der Waals surface area contributed by atoms with Crippen LogP contribution in [0.4, 0.5) is 5.13 Å². The molecule has 0 bridgehead atoms. The Morgan fingerprint density at radius 1 is 1.44 bits per heavy atom. The van der Waals surface area contributed by atoms with Gasteiger partial charge in [0.2, 0.25) is 5.91 Å². The summed E-state index contributed by atoms with van der Waals surface area (Å²) >= 11 is 1.36. The number of hydrogen-bond acceptors (Lipinski definition) is 4. The molecule has 2 rings (SSSR count). The first-order valence-electron chi connectivity index (χ1n) is 5.10. The number of thiazole rings is 1. The lowest BCUT2D eigenvalue weighted by Crippen LogP contribution is -2.21. The van der Waals surface area contributed by atoms with E-state index in [4.69, 9.17) is 5.11 Å². The van der Waals surface area contributed by atoms with Gasteiger partial charge in [0.1, 0.15) is 0 Å². The molecule has 86 valence electrons. The van der Waals surface area contributed by atoms with Gasteiger partial charge in [-0.15, -0.1) is 11.3 Å². The monoisotopic (exact) mass is 240 g/mol. The van der Waals surface area contributed by atoms with Crippen molar-refractivity contribution in [1.29, 1.82) is 0 Å². The number of hydrogen-bond donors (Lipinski definition) is 2. The molecule has 2 N–H and O–H groups in total. The van der Waals surface area contributed by atoms with Crippen molar-refractivity contribution in [2.75, 3.05) is 5.32 Å². The molecule has 1 aromatic heterocycles. The fraction of sp³-hybridized carbons (Fsp3) is 0.500. The van der Waals surface area contributed by atoms with Gasteiger partial charge in [-0.05, 0) is 19.3 Å². The van der Waals surface area contributed by atoms with Crippen molar-refractivity contribution in [2.45, 2.75) is 19.3 Å². The molecule has 1 aliphatic rings. The third kappa shape index (κ3) is 2.38. The fourth-order valence-electron chi connectivity index (χ4n) is 1.94. The van der Waals surface area contributed by atoms with Crippen LogP contribution in [-0.4, -0.2) is 22.0 Å². The van der Waals surface area contributed by atoms with Crippen LogP contribution in [0.5, 0.6) is 0 Å². The van der Waals surface area contributed by atoms with Crippen LogP contribution >= 0.6 is 11.3 Å². The fourth-order valence-corrected chi connectivity index (χ4v) is 2.47. The number of aliphatic carboxylic acids is 1. The van der Waals surface area contributed by atoms with E-state index in [-0.39, 0.29) is 17.7 Å². The lowest BCUT2D eigenvalue weighted by atomic mass is 10.0. The normalized spacial score (nSPS) is 24.2. The Morgan fingerprint density at radius 3 is 2.75 bits per heavy atom. The van der Waals surface area contributed by atoms with Crippen molar-refractivity contribution in [3.8, 4) is 0 Å². The first-order chi connectivity index (χ1) is 7.66. The Bertz CT molecular complexity index is 391. The average Bonchev–Trinajstić information content (AvgIpc) is 2.86. The Kier molecular flexibility index (Phi) is 3.19. The van der Waals surface area contributed by atoms with Crippen LogP contribution in [0.1, 0.15) is 19.3 Å². The first-order valence-corrected chi connectivity index (χ1v) is 5.98. The van der Waals surface area contributed by atoms with E-state index in [1.807, 2.05) is 0 Å². The van der Waals surface area contributed by atoms with Gasteiger partial charge in [-0.25, -0.2) is 4.98 Å². The van der Waals surface area contributed by atoms with E-state index in [2.05, 4.69) is 10.3 Å². The van der Waals surface area contributed by atoms with Gasteiger partial charge in [-0.1, -0.05) is 0 Å². The van der Waals surface area contributed by atoms with Gasteiger partial charge in [0, 0.05) is 17.5 Å². The van der Waals surface area contributed by atoms with E-state index in [9.17, 15) is 9.59 Å². The highest BCUT2D eigenvalue weighted by Gasteiger charge is 2.33. The molecule has 1 fully saturated rings. The van der Waals surface area contributed by atoms with Crippen LogP contribution in [0.15, 0.2) is 11.6 Å². The number of rotatable bonds is 3. The van der Waals surface area contributed by atoms with E-state index < -0.39 is 5.97 Å². The summed E-state index contributed by atoms with van der Waals surface area (Å²) in [5, 5.41) is 13.9. The number of carboxylic acid groups (broad SMARTS) is 1. The number of nitrogens with one attached hydrogen (secondary N) is 1. The van der Waals surface area contributed by atoms with Crippen LogP contribution < -0.4 is 5.32 Å². The third-order valence-corrected chi connectivity index (χ3v) is 3.50. The van der Waals surface area contributed by atoms with E-state index in [0.717, 1.165) is 0 Å². The zero-order valence-corrected chi connectivity index (χ0v) is 9.37. The number of nitrogens with zero attached hydrogens (tertiary/aromatic N) is 1. The van der Waals surface area contributed by atoms with Gasteiger partial charge in [0.05, 0.1) is 5.92 Å². The molecule has 5 nitrogen and oxygen atoms in total. The summed E-state index contributed by atoms with van der Waals surface area (Å²) in [6, 6.07) is 0. The maximum atomic E-state index is 11.7. The van der Waals surface area contributed by atoms with Crippen molar-refractivity contribution in [3.63, 3.8) is 0 Å². The molecule has 0 saturated heterocycles. The average molecular weight is 240 g/mol. The van der Waals surface area contributed by atoms with Crippen LogP contribution in [0.3, 0.4) is 0 Å². The predicted molar refractivity (Wildman–Crippen MR) is 59.2 cm³/mol. The molecule has 1 saturated carbocycles. The molecule has 0 radical (unpaired) electrons. The number of carbonyl (C=O) groups excluding carboxylic acids is 1. The molecule has 0 aliphatic heterocycles. The highest BCUT2D eigenvalue weighted by Crippen LogP contribution is 2.31. The van der Waals surface area contributed by atoms with Gasteiger partial charge < -0.3 is 10.4 Å². The smallest absolute Gasteiger partial charge is 0.306 e. The Hall–Kier alpha value is -1.43. The Labute approximate surface area is 96.5 Å². The highest BCUT2D eigenvalue weighted by molar-refractivity contribution is 7.13. The molecule has 0 aromatic carbocycles. The van der Waals surface area contributed by atoms with Crippen LogP contribution in [0, 0.1) is 11.8 Å². The zero-order valence-electron chi connectivity index (χ0n) is 8.55. The van der Waals surface area contributed by atoms with Crippen molar-refractivity contribution >= 4 is 28.3 Å². The quantitative estimate of drug-likeness (QED) is 0.840. The van der Waals surface area contributed by atoms with Crippen molar-refractivity contribution in [1.82, 2.24) is 4.98 Å². The summed E-state index contributed by atoms with van der Waals surface area (Å²) in [5.41, 5.74) is 0. The molecular weight excluding hydrogens is 228 g/mol. The number of anilines is 1. The molecule has 2 atom stereocenters. The summed E-state index contributed by atoms with van der Waals surface area (Å²) in [6.45, 7) is 0. The molecule has 1 heterocycles. The highest BCUT2D eigenvalue weighted by atomic mass is 32.1. The number of carboxylic acids is 1. The Morgan fingerprint density at radius 2 is 2.19 bits per heavy atom. The maximum absolute atomic E-state index is 11.7. The minimum Gasteiger partial charge on any atom is -0.481 e.